The minimum atomic E-state index is -0.352. The number of ether oxygens (including phenoxy) is 1. The van der Waals surface area contributed by atoms with Crippen molar-refractivity contribution in [3.05, 3.63) is 59.2 Å². The lowest BCUT2D eigenvalue weighted by Crippen LogP contribution is -2.25. The number of fused-ring (bicyclic) bond motifs is 1. The van der Waals surface area contributed by atoms with E-state index in [0.717, 1.165) is 28.3 Å². The minimum absolute atomic E-state index is 0.344. The molecular weight excluding hydrogens is 416 g/mol. The van der Waals surface area contributed by atoms with Gasteiger partial charge in [0.2, 0.25) is 5.95 Å². The summed E-state index contributed by atoms with van der Waals surface area (Å²) in [5.41, 5.74) is 4.55. The summed E-state index contributed by atoms with van der Waals surface area (Å²) in [4.78, 5) is 24.3. The Morgan fingerprint density at radius 1 is 1.23 bits per heavy atom. The first-order valence-corrected chi connectivity index (χ1v) is 10.2. The van der Waals surface area contributed by atoms with Gasteiger partial charge in [-0.1, -0.05) is 23.7 Å². The average Bonchev–Trinajstić information content (AvgIpc) is 2.92. The van der Waals surface area contributed by atoms with Gasteiger partial charge in [0.15, 0.2) is 5.82 Å². The summed E-state index contributed by atoms with van der Waals surface area (Å²) in [5, 5.41) is 6.86. The Morgan fingerprint density at radius 2 is 2.03 bits per heavy atom. The minimum Gasteiger partial charge on any atom is -0.449 e. The maximum atomic E-state index is 11.9. The van der Waals surface area contributed by atoms with Crippen LogP contribution in [0.25, 0.3) is 0 Å². The van der Waals surface area contributed by atoms with Crippen LogP contribution in [0, 0.1) is 0 Å². The molecule has 2 aromatic carbocycles. The number of nitrogens with zero attached hydrogens (tertiary/aromatic N) is 4. The second kappa shape index (κ2) is 8.69. The number of rotatable bonds is 5. The summed E-state index contributed by atoms with van der Waals surface area (Å²) in [6.45, 7) is 0.344. The van der Waals surface area contributed by atoms with Gasteiger partial charge in [0.1, 0.15) is 5.02 Å². The van der Waals surface area contributed by atoms with Gasteiger partial charge in [0.05, 0.1) is 29.9 Å². The van der Waals surface area contributed by atoms with Gasteiger partial charge in [-0.15, -0.1) is 0 Å². The van der Waals surface area contributed by atoms with Crippen LogP contribution in [0.4, 0.5) is 39.3 Å². The highest BCUT2D eigenvalue weighted by molar-refractivity contribution is 6.33. The van der Waals surface area contributed by atoms with Crippen LogP contribution in [0.1, 0.15) is 5.56 Å². The first-order valence-electron chi connectivity index (χ1n) is 9.81. The summed E-state index contributed by atoms with van der Waals surface area (Å²) in [6, 6.07) is 13.6. The van der Waals surface area contributed by atoms with E-state index < -0.39 is 0 Å². The molecule has 4 rings (SSSR count). The molecule has 2 N–H and O–H groups in total. The standard InChI is InChI=1S/C22H23ClN6O2/c1-24-17-6-4-5-7-19(17)28(2)20-16(23)13-25-21(27-20)26-15-8-9-18-14(12-15)10-11-31-22(30)29(18)3/h4-9,12-13,24H,10-11H2,1-3H3,(H,25,26,27). The number of nitrogens with one attached hydrogen (secondary N) is 2. The molecule has 1 aromatic heterocycles. The number of carbonyl (C=O) groups is 1. The van der Waals surface area contributed by atoms with Gasteiger partial charge < -0.3 is 20.3 Å². The number of hydrogen-bond donors (Lipinski definition) is 2. The Labute approximate surface area is 185 Å². The van der Waals surface area contributed by atoms with E-state index in [1.807, 2.05) is 61.5 Å². The number of anilines is 6. The number of carbonyl (C=O) groups excluding carboxylic acids is 1. The van der Waals surface area contributed by atoms with Crippen molar-refractivity contribution >= 4 is 52.2 Å². The van der Waals surface area contributed by atoms with Gasteiger partial charge >= 0.3 is 6.09 Å². The maximum Gasteiger partial charge on any atom is 0.414 e. The van der Waals surface area contributed by atoms with Crippen molar-refractivity contribution in [3.8, 4) is 0 Å². The number of aromatic nitrogens is 2. The lowest BCUT2D eigenvalue weighted by Gasteiger charge is -2.22. The highest BCUT2D eigenvalue weighted by Gasteiger charge is 2.20. The smallest absolute Gasteiger partial charge is 0.414 e. The molecular formula is C22H23ClN6O2. The third-order valence-corrected chi connectivity index (χ3v) is 5.41. The van der Waals surface area contributed by atoms with Crippen molar-refractivity contribution in [2.45, 2.75) is 6.42 Å². The van der Waals surface area contributed by atoms with Gasteiger partial charge in [0, 0.05) is 33.3 Å². The zero-order valence-electron chi connectivity index (χ0n) is 17.5. The number of hydrogen-bond acceptors (Lipinski definition) is 7. The van der Waals surface area contributed by atoms with E-state index in [1.54, 1.807) is 13.2 Å². The first-order chi connectivity index (χ1) is 15.0. The van der Waals surface area contributed by atoms with Crippen molar-refractivity contribution < 1.29 is 9.53 Å². The Kier molecular flexibility index (Phi) is 5.81. The lowest BCUT2D eigenvalue weighted by molar-refractivity contribution is 0.159. The second-order valence-electron chi connectivity index (χ2n) is 7.08. The van der Waals surface area contributed by atoms with E-state index >= 15 is 0 Å². The maximum absolute atomic E-state index is 11.9. The highest BCUT2D eigenvalue weighted by Crippen LogP contribution is 2.34. The summed E-state index contributed by atoms with van der Waals surface area (Å²) in [6.07, 6.45) is 1.86. The Morgan fingerprint density at radius 3 is 2.84 bits per heavy atom. The molecule has 0 unspecified atom stereocenters. The Bertz CT molecular complexity index is 1120. The molecule has 0 radical (unpaired) electrons. The Hall–Kier alpha value is -3.52. The zero-order chi connectivity index (χ0) is 22.0. The molecule has 0 fully saturated rings. The molecule has 0 saturated carbocycles. The molecule has 0 spiro atoms. The molecule has 3 aromatic rings. The van der Waals surface area contributed by atoms with E-state index in [1.165, 1.54) is 4.90 Å². The summed E-state index contributed by atoms with van der Waals surface area (Å²) >= 11 is 6.42. The fraction of sp³-hybridized carbons (Fsp3) is 0.227. The van der Waals surface area contributed by atoms with Gasteiger partial charge in [-0.25, -0.2) is 9.78 Å². The molecule has 1 aliphatic rings. The molecule has 31 heavy (non-hydrogen) atoms. The topological polar surface area (TPSA) is 82.6 Å². The predicted molar refractivity (Wildman–Crippen MR) is 124 cm³/mol. The average molecular weight is 439 g/mol. The quantitative estimate of drug-likeness (QED) is 0.591. The van der Waals surface area contributed by atoms with Crippen molar-refractivity contribution in [1.29, 1.82) is 0 Å². The summed E-state index contributed by atoms with van der Waals surface area (Å²) < 4.78 is 5.19. The van der Waals surface area contributed by atoms with Gasteiger partial charge in [-0.3, -0.25) is 4.90 Å². The van der Waals surface area contributed by atoms with E-state index in [2.05, 4.69) is 20.6 Å². The molecule has 2 heterocycles. The van der Waals surface area contributed by atoms with Crippen molar-refractivity contribution in [3.63, 3.8) is 0 Å². The first kappa shape index (κ1) is 20.7. The number of halogens is 1. The lowest BCUT2D eigenvalue weighted by atomic mass is 10.1. The van der Waals surface area contributed by atoms with Gasteiger partial charge in [0.25, 0.3) is 0 Å². The van der Waals surface area contributed by atoms with Crippen LogP contribution in [0.15, 0.2) is 48.7 Å². The van der Waals surface area contributed by atoms with Crippen LogP contribution >= 0.6 is 11.6 Å². The van der Waals surface area contributed by atoms with E-state index in [-0.39, 0.29) is 6.09 Å². The molecule has 8 nitrogen and oxygen atoms in total. The molecule has 0 bridgehead atoms. The Balaban J connectivity index is 1.62. The number of para-hydroxylation sites is 2. The van der Waals surface area contributed by atoms with E-state index in [9.17, 15) is 4.79 Å². The van der Waals surface area contributed by atoms with Crippen molar-refractivity contribution in [2.75, 3.05) is 48.2 Å². The zero-order valence-corrected chi connectivity index (χ0v) is 18.3. The SMILES string of the molecule is CNc1ccccc1N(C)c1nc(Nc2ccc3c(c2)CCOC(=O)N3C)ncc1Cl. The second-order valence-corrected chi connectivity index (χ2v) is 7.49. The summed E-state index contributed by atoms with van der Waals surface area (Å²) in [5.74, 6) is 0.998. The van der Waals surface area contributed by atoms with E-state index in [0.29, 0.717) is 29.8 Å². The van der Waals surface area contributed by atoms with Crippen LogP contribution in [-0.2, 0) is 11.2 Å². The molecule has 160 valence electrons. The van der Waals surface area contributed by atoms with Gasteiger partial charge in [-0.05, 0) is 35.9 Å². The third-order valence-electron chi connectivity index (χ3n) is 5.15. The molecule has 0 aliphatic carbocycles. The number of amides is 1. The molecule has 1 aliphatic heterocycles. The summed E-state index contributed by atoms with van der Waals surface area (Å²) in [7, 11) is 5.48. The fourth-order valence-electron chi connectivity index (χ4n) is 3.51. The molecule has 0 atom stereocenters. The fourth-order valence-corrected chi connectivity index (χ4v) is 3.73. The monoisotopic (exact) mass is 438 g/mol. The molecule has 9 heteroatoms. The number of cyclic esters (lactones) is 1. The normalized spacial score (nSPS) is 13.2. The largest absolute Gasteiger partial charge is 0.449 e. The van der Waals surface area contributed by atoms with Crippen LogP contribution in [-0.4, -0.2) is 43.8 Å². The van der Waals surface area contributed by atoms with Crippen LogP contribution < -0.4 is 20.4 Å². The van der Waals surface area contributed by atoms with Crippen molar-refractivity contribution in [2.24, 2.45) is 0 Å². The third kappa shape index (κ3) is 4.20. The van der Waals surface area contributed by atoms with E-state index in [4.69, 9.17) is 16.3 Å². The molecule has 1 amide bonds. The van der Waals surface area contributed by atoms with Crippen LogP contribution in [0.2, 0.25) is 5.02 Å². The molecule has 0 saturated heterocycles. The van der Waals surface area contributed by atoms with Crippen LogP contribution in [0.5, 0.6) is 0 Å². The highest BCUT2D eigenvalue weighted by atomic mass is 35.5. The van der Waals surface area contributed by atoms with Crippen LogP contribution in [0.3, 0.4) is 0 Å². The number of benzene rings is 2. The van der Waals surface area contributed by atoms with Gasteiger partial charge in [-0.2, -0.15) is 4.98 Å². The van der Waals surface area contributed by atoms with Crippen molar-refractivity contribution in [1.82, 2.24) is 9.97 Å². The predicted octanol–water partition coefficient (Wildman–Crippen LogP) is 4.81.